The van der Waals surface area contributed by atoms with Crippen LogP contribution in [0.3, 0.4) is 0 Å². The number of Topliss-reactive ketones (excluding diaryl/α,β-unsaturated/α-hetero) is 1. The van der Waals surface area contributed by atoms with Crippen LogP contribution in [0.1, 0.15) is 23.7 Å². The van der Waals surface area contributed by atoms with Crippen molar-refractivity contribution in [3.05, 3.63) is 28.8 Å². The number of anilines is 1. The van der Waals surface area contributed by atoms with Crippen molar-refractivity contribution >= 4 is 35.5 Å². The van der Waals surface area contributed by atoms with Crippen molar-refractivity contribution < 1.29 is 4.79 Å². The van der Waals surface area contributed by atoms with Gasteiger partial charge in [-0.1, -0.05) is 24.6 Å². The Morgan fingerprint density at radius 3 is 2.47 bits per heavy atom. The molecule has 0 amide bonds. The van der Waals surface area contributed by atoms with Gasteiger partial charge in [0.15, 0.2) is 5.78 Å². The van der Waals surface area contributed by atoms with Crippen LogP contribution in [0.25, 0.3) is 0 Å². The average molecular weight is 248 g/mol. The van der Waals surface area contributed by atoms with E-state index in [-0.39, 0.29) is 18.2 Å². The van der Waals surface area contributed by atoms with E-state index in [4.69, 9.17) is 11.6 Å². The first-order valence-electron chi connectivity index (χ1n) is 4.57. The Morgan fingerprint density at radius 2 is 2.00 bits per heavy atom. The van der Waals surface area contributed by atoms with E-state index in [9.17, 15) is 4.79 Å². The summed E-state index contributed by atoms with van der Waals surface area (Å²) in [6, 6.07) is 5.41. The third kappa shape index (κ3) is 3.11. The van der Waals surface area contributed by atoms with E-state index in [1.807, 2.05) is 32.0 Å². The Morgan fingerprint density at radius 1 is 1.40 bits per heavy atom. The molecular formula is C11H15Cl2NO. The zero-order valence-electron chi connectivity index (χ0n) is 9.08. The molecule has 1 aromatic carbocycles. The lowest BCUT2D eigenvalue weighted by Crippen LogP contribution is -2.14. The molecule has 0 saturated heterocycles. The molecular weight excluding hydrogens is 233 g/mol. The van der Waals surface area contributed by atoms with Gasteiger partial charge in [0.25, 0.3) is 0 Å². The molecule has 0 aliphatic rings. The highest BCUT2D eigenvalue weighted by Crippen LogP contribution is 2.29. The largest absolute Gasteiger partial charge is 0.376 e. The van der Waals surface area contributed by atoms with Crippen LogP contribution in [-0.2, 0) is 0 Å². The number of rotatable bonds is 3. The predicted octanol–water partition coefficient (Wildman–Crippen LogP) is 3.42. The molecule has 15 heavy (non-hydrogen) atoms. The molecule has 0 radical (unpaired) electrons. The Hall–Kier alpha value is -0.730. The third-order valence-corrected chi connectivity index (χ3v) is 2.36. The normalized spacial score (nSPS) is 9.33. The smallest absolute Gasteiger partial charge is 0.164 e. The fourth-order valence-electron chi connectivity index (χ4n) is 1.39. The Kier molecular flexibility index (Phi) is 5.69. The highest BCUT2D eigenvalue weighted by atomic mass is 35.5. The molecule has 0 heterocycles. The van der Waals surface area contributed by atoms with Gasteiger partial charge in [0, 0.05) is 26.1 Å². The van der Waals surface area contributed by atoms with Gasteiger partial charge in [-0.2, -0.15) is 0 Å². The van der Waals surface area contributed by atoms with Crippen molar-refractivity contribution in [1.82, 2.24) is 0 Å². The van der Waals surface area contributed by atoms with Crippen molar-refractivity contribution in [2.24, 2.45) is 0 Å². The van der Waals surface area contributed by atoms with E-state index in [2.05, 4.69) is 0 Å². The van der Waals surface area contributed by atoms with E-state index in [1.54, 1.807) is 12.1 Å². The maximum absolute atomic E-state index is 11.6. The SMILES string of the molecule is CCC(=O)c1cccc(Cl)c1N(C)C.Cl. The van der Waals surface area contributed by atoms with Gasteiger partial charge in [0.1, 0.15) is 0 Å². The molecule has 0 aliphatic heterocycles. The van der Waals surface area contributed by atoms with E-state index in [0.717, 1.165) is 5.69 Å². The standard InChI is InChI=1S/C11H14ClNO.ClH/c1-4-10(14)8-6-5-7-9(12)11(8)13(2)3;/h5-7H,4H2,1-3H3;1H. The molecule has 4 heteroatoms. The first-order chi connectivity index (χ1) is 6.57. The van der Waals surface area contributed by atoms with E-state index >= 15 is 0 Å². The van der Waals surface area contributed by atoms with Crippen LogP contribution in [-0.4, -0.2) is 19.9 Å². The molecule has 0 saturated carbocycles. The summed E-state index contributed by atoms with van der Waals surface area (Å²) in [5.41, 5.74) is 1.51. The fourth-order valence-corrected chi connectivity index (χ4v) is 1.73. The number of hydrogen-bond acceptors (Lipinski definition) is 2. The molecule has 0 aromatic heterocycles. The van der Waals surface area contributed by atoms with Crippen LogP contribution in [0.5, 0.6) is 0 Å². The van der Waals surface area contributed by atoms with Crippen molar-refractivity contribution in [2.75, 3.05) is 19.0 Å². The molecule has 0 bridgehead atoms. The first-order valence-corrected chi connectivity index (χ1v) is 4.94. The second-order valence-corrected chi connectivity index (χ2v) is 3.71. The van der Waals surface area contributed by atoms with Gasteiger partial charge in [-0.3, -0.25) is 4.79 Å². The van der Waals surface area contributed by atoms with Crippen LogP contribution in [0.4, 0.5) is 5.69 Å². The van der Waals surface area contributed by atoms with Gasteiger partial charge in [-0.05, 0) is 12.1 Å². The Bertz CT molecular complexity index is 350. The Balaban J connectivity index is 0.00000196. The Labute approximate surface area is 102 Å². The van der Waals surface area contributed by atoms with Crippen molar-refractivity contribution in [2.45, 2.75) is 13.3 Å². The summed E-state index contributed by atoms with van der Waals surface area (Å²) >= 11 is 6.03. The molecule has 0 atom stereocenters. The minimum atomic E-state index is 0. The lowest BCUT2D eigenvalue weighted by Gasteiger charge is -2.17. The van der Waals surface area contributed by atoms with Crippen LogP contribution in [0, 0.1) is 0 Å². The second-order valence-electron chi connectivity index (χ2n) is 3.31. The fraction of sp³-hybridized carbons (Fsp3) is 0.364. The predicted molar refractivity (Wildman–Crippen MR) is 67.6 cm³/mol. The van der Waals surface area contributed by atoms with Crippen LogP contribution in [0.2, 0.25) is 5.02 Å². The molecule has 0 fully saturated rings. The van der Waals surface area contributed by atoms with E-state index < -0.39 is 0 Å². The van der Waals surface area contributed by atoms with Crippen molar-refractivity contribution in [3.63, 3.8) is 0 Å². The lowest BCUT2D eigenvalue weighted by molar-refractivity contribution is 0.0988. The number of nitrogens with zero attached hydrogens (tertiary/aromatic N) is 1. The van der Waals surface area contributed by atoms with Gasteiger partial charge in [0.05, 0.1) is 10.7 Å². The topological polar surface area (TPSA) is 20.3 Å². The maximum Gasteiger partial charge on any atom is 0.164 e. The molecule has 0 aliphatic carbocycles. The number of hydrogen-bond donors (Lipinski definition) is 0. The van der Waals surface area contributed by atoms with Gasteiger partial charge < -0.3 is 4.90 Å². The van der Waals surface area contributed by atoms with Gasteiger partial charge in [-0.15, -0.1) is 12.4 Å². The molecule has 0 N–H and O–H groups in total. The molecule has 0 spiro atoms. The second kappa shape index (κ2) is 5.99. The van der Waals surface area contributed by atoms with E-state index in [0.29, 0.717) is 17.0 Å². The third-order valence-electron chi connectivity index (χ3n) is 2.06. The lowest BCUT2D eigenvalue weighted by atomic mass is 10.1. The summed E-state index contributed by atoms with van der Waals surface area (Å²) in [7, 11) is 3.77. The molecule has 84 valence electrons. The number of benzene rings is 1. The zero-order valence-corrected chi connectivity index (χ0v) is 10.7. The molecule has 1 aromatic rings. The van der Waals surface area contributed by atoms with Gasteiger partial charge in [-0.25, -0.2) is 0 Å². The zero-order chi connectivity index (χ0) is 10.7. The number of carbonyl (C=O) groups excluding carboxylic acids is 1. The number of ketones is 1. The summed E-state index contributed by atoms with van der Waals surface area (Å²) in [4.78, 5) is 13.5. The minimum absolute atomic E-state index is 0. The summed E-state index contributed by atoms with van der Waals surface area (Å²) in [5, 5.41) is 0.620. The number of halogens is 2. The summed E-state index contributed by atoms with van der Waals surface area (Å²) < 4.78 is 0. The first kappa shape index (κ1) is 14.3. The van der Waals surface area contributed by atoms with E-state index in [1.165, 1.54) is 0 Å². The summed E-state index contributed by atoms with van der Waals surface area (Å²) in [6.07, 6.45) is 0.501. The van der Waals surface area contributed by atoms with Crippen molar-refractivity contribution in [3.8, 4) is 0 Å². The quantitative estimate of drug-likeness (QED) is 0.764. The summed E-state index contributed by atoms with van der Waals surface area (Å²) in [5.74, 6) is 0.121. The minimum Gasteiger partial charge on any atom is -0.376 e. The summed E-state index contributed by atoms with van der Waals surface area (Å²) in [6.45, 7) is 1.85. The molecule has 1 rings (SSSR count). The number of para-hydroxylation sites is 1. The molecule has 0 unspecified atom stereocenters. The van der Waals surface area contributed by atoms with Crippen LogP contribution < -0.4 is 4.90 Å². The monoisotopic (exact) mass is 247 g/mol. The molecule has 2 nitrogen and oxygen atoms in total. The van der Waals surface area contributed by atoms with Gasteiger partial charge in [0.2, 0.25) is 0 Å². The van der Waals surface area contributed by atoms with Crippen LogP contribution in [0.15, 0.2) is 18.2 Å². The average Bonchev–Trinajstić information content (AvgIpc) is 2.15. The van der Waals surface area contributed by atoms with Gasteiger partial charge >= 0.3 is 0 Å². The number of carbonyl (C=O) groups is 1. The highest BCUT2D eigenvalue weighted by Gasteiger charge is 2.13. The maximum atomic E-state index is 11.6. The van der Waals surface area contributed by atoms with Crippen molar-refractivity contribution in [1.29, 1.82) is 0 Å². The highest BCUT2D eigenvalue weighted by molar-refractivity contribution is 6.34. The van der Waals surface area contributed by atoms with Crippen LogP contribution >= 0.6 is 24.0 Å².